The van der Waals surface area contributed by atoms with Crippen LogP contribution in [0.25, 0.3) is 0 Å². The molecule has 0 spiro atoms. The average molecular weight is 356 g/mol. The molecule has 0 aliphatic carbocycles. The molecule has 1 aromatic rings. The van der Waals surface area contributed by atoms with E-state index in [-0.39, 0.29) is 6.03 Å². The molecule has 0 aliphatic heterocycles. The van der Waals surface area contributed by atoms with E-state index in [1.165, 1.54) is 10.6 Å². The molecule has 0 heterocycles. The number of anilines is 1. The summed E-state index contributed by atoms with van der Waals surface area (Å²) >= 11 is 0. The number of nitrogens with one attached hydrogen (secondary N) is 2. The number of carbonyl (C=O) groups excluding carboxylic acids is 1. The molecule has 0 fully saturated rings. The minimum absolute atomic E-state index is 0.270. The van der Waals surface area contributed by atoms with Crippen LogP contribution in [0, 0.1) is 6.92 Å². The first-order chi connectivity index (χ1) is 11.2. The minimum atomic E-state index is -3.18. The van der Waals surface area contributed by atoms with Gasteiger partial charge in [-0.3, -0.25) is 0 Å². The second kappa shape index (κ2) is 9.03. The van der Waals surface area contributed by atoms with Crippen LogP contribution in [0.15, 0.2) is 18.2 Å². The zero-order chi connectivity index (χ0) is 18.3. The number of carbonyl (C=O) groups is 1. The number of hydrogen-bond acceptors (Lipinski definition) is 3. The summed E-state index contributed by atoms with van der Waals surface area (Å²) in [6.07, 6.45) is 1.77. The summed E-state index contributed by atoms with van der Waals surface area (Å²) in [6.45, 7) is 9.19. The molecule has 0 saturated heterocycles. The number of para-hydroxylation sites is 1. The van der Waals surface area contributed by atoms with Crippen molar-refractivity contribution in [3.05, 3.63) is 29.3 Å². The second-order valence-corrected chi connectivity index (χ2v) is 8.17. The third kappa shape index (κ3) is 6.13. The molecule has 0 saturated carbocycles. The van der Waals surface area contributed by atoms with Crippen LogP contribution in [0.4, 0.5) is 10.5 Å². The summed E-state index contributed by atoms with van der Waals surface area (Å²) in [6, 6.07) is 5.69. The fourth-order valence-corrected chi connectivity index (χ4v) is 3.45. The van der Waals surface area contributed by atoms with Crippen LogP contribution in [-0.4, -0.2) is 44.6 Å². The van der Waals surface area contributed by atoms with E-state index in [0.29, 0.717) is 32.0 Å². The average Bonchev–Trinajstić information content (AvgIpc) is 2.47. The lowest BCUT2D eigenvalue weighted by Gasteiger charge is -2.18. The minimum Gasteiger partial charge on any atom is -0.338 e. The number of amides is 2. The molecule has 0 atom stereocenters. The fraction of sp³-hybridized carbons (Fsp3) is 0.588. The van der Waals surface area contributed by atoms with Crippen LogP contribution in [0.2, 0.25) is 0 Å². The monoisotopic (exact) mass is 355 g/mol. The van der Waals surface area contributed by atoms with Crippen molar-refractivity contribution in [1.82, 2.24) is 9.62 Å². The number of sulfonamides is 1. The molecule has 0 aliphatic rings. The van der Waals surface area contributed by atoms with E-state index in [1.54, 1.807) is 6.92 Å². The van der Waals surface area contributed by atoms with E-state index in [9.17, 15) is 13.2 Å². The van der Waals surface area contributed by atoms with Crippen LogP contribution in [0.1, 0.15) is 44.2 Å². The Bertz CT molecular complexity index is 657. The van der Waals surface area contributed by atoms with Gasteiger partial charge in [-0.1, -0.05) is 39.0 Å². The quantitative estimate of drug-likeness (QED) is 0.704. The molecule has 0 unspecified atom stereocenters. The normalized spacial score (nSPS) is 11.8. The predicted octanol–water partition coefficient (Wildman–Crippen LogP) is 2.91. The van der Waals surface area contributed by atoms with Crippen molar-refractivity contribution in [2.45, 2.75) is 40.0 Å². The standard InChI is InChI=1S/C17H29N3O3S/c1-6-20(24(5,22)23)12-8-11-18-17(21)19-16-14(4)9-7-10-15(16)13(2)3/h7,9-10,13H,6,8,11-12H2,1-5H3,(H2,18,19,21). The van der Waals surface area contributed by atoms with Crippen molar-refractivity contribution in [2.75, 3.05) is 31.2 Å². The molecule has 2 amide bonds. The highest BCUT2D eigenvalue weighted by atomic mass is 32.2. The highest BCUT2D eigenvalue weighted by Gasteiger charge is 2.14. The van der Waals surface area contributed by atoms with E-state index in [2.05, 4.69) is 24.5 Å². The molecule has 7 heteroatoms. The van der Waals surface area contributed by atoms with Crippen molar-refractivity contribution >= 4 is 21.7 Å². The van der Waals surface area contributed by atoms with E-state index in [0.717, 1.165) is 16.8 Å². The van der Waals surface area contributed by atoms with Crippen molar-refractivity contribution in [2.24, 2.45) is 0 Å². The Morgan fingerprint density at radius 1 is 1.29 bits per heavy atom. The van der Waals surface area contributed by atoms with Gasteiger partial charge in [-0.15, -0.1) is 0 Å². The predicted molar refractivity (Wildman–Crippen MR) is 99.0 cm³/mol. The van der Waals surface area contributed by atoms with E-state index in [4.69, 9.17) is 0 Å². The summed E-state index contributed by atoms with van der Waals surface area (Å²) in [4.78, 5) is 12.1. The Balaban J connectivity index is 2.54. The summed E-state index contributed by atoms with van der Waals surface area (Å²) < 4.78 is 24.4. The first-order valence-corrected chi connectivity index (χ1v) is 10.1. The summed E-state index contributed by atoms with van der Waals surface area (Å²) in [7, 11) is -3.18. The maximum Gasteiger partial charge on any atom is 0.319 e. The van der Waals surface area contributed by atoms with E-state index in [1.807, 2.05) is 25.1 Å². The van der Waals surface area contributed by atoms with Crippen molar-refractivity contribution < 1.29 is 13.2 Å². The van der Waals surface area contributed by atoms with Gasteiger partial charge in [0.25, 0.3) is 0 Å². The van der Waals surface area contributed by atoms with Crippen molar-refractivity contribution in [3.63, 3.8) is 0 Å². The lowest BCUT2D eigenvalue weighted by Crippen LogP contribution is -2.35. The molecule has 0 aromatic heterocycles. The molecule has 0 bridgehead atoms. The SMILES string of the molecule is CCN(CCCNC(=O)Nc1c(C)cccc1C(C)C)S(C)(=O)=O. The smallest absolute Gasteiger partial charge is 0.319 e. The highest BCUT2D eigenvalue weighted by molar-refractivity contribution is 7.88. The largest absolute Gasteiger partial charge is 0.338 e. The number of aryl methyl sites for hydroxylation is 1. The first kappa shape index (κ1) is 20.4. The number of benzene rings is 1. The van der Waals surface area contributed by atoms with E-state index < -0.39 is 10.0 Å². The Kier molecular flexibility index (Phi) is 7.69. The number of urea groups is 1. The molecule has 2 N–H and O–H groups in total. The molecule has 1 aromatic carbocycles. The number of hydrogen-bond donors (Lipinski definition) is 2. The number of nitrogens with zero attached hydrogens (tertiary/aromatic N) is 1. The molecule has 136 valence electrons. The summed E-state index contributed by atoms with van der Waals surface area (Å²) in [5, 5.41) is 5.69. The number of rotatable bonds is 8. The summed E-state index contributed by atoms with van der Waals surface area (Å²) in [5.74, 6) is 0.313. The van der Waals surface area contributed by atoms with Gasteiger partial charge < -0.3 is 10.6 Å². The third-order valence-electron chi connectivity index (χ3n) is 3.86. The van der Waals surface area contributed by atoms with Crippen LogP contribution in [-0.2, 0) is 10.0 Å². The lowest BCUT2D eigenvalue weighted by molar-refractivity contribution is 0.251. The van der Waals surface area contributed by atoms with Crippen LogP contribution < -0.4 is 10.6 Å². The zero-order valence-corrected chi connectivity index (χ0v) is 16.0. The van der Waals surface area contributed by atoms with Gasteiger partial charge in [0.05, 0.1) is 6.26 Å². The second-order valence-electron chi connectivity index (χ2n) is 6.18. The molecule has 24 heavy (non-hydrogen) atoms. The van der Waals surface area contributed by atoms with Gasteiger partial charge in [0.1, 0.15) is 0 Å². The van der Waals surface area contributed by atoms with Crippen molar-refractivity contribution in [3.8, 4) is 0 Å². The van der Waals surface area contributed by atoms with E-state index >= 15 is 0 Å². The van der Waals surface area contributed by atoms with Gasteiger partial charge in [0, 0.05) is 25.3 Å². The Morgan fingerprint density at radius 3 is 2.50 bits per heavy atom. The molecule has 1 rings (SSSR count). The van der Waals surface area contributed by atoms with Gasteiger partial charge in [-0.2, -0.15) is 0 Å². The maximum absolute atomic E-state index is 12.1. The first-order valence-electron chi connectivity index (χ1n) is 8.26. The van der Waals surface area contributed by atoms with Crippen LogP contribution in [0.3, 0.4) is 0 Å². The topological polar surface area (TPSA) is 78.5 Å². The van der Waals surface area contributed by atoms with Gasteiger partial charge in [-0.05, 0) is 30.4 Å². The fourth-order valence-electron chi connectivity index (χ4n) is 2.52. The van der Waals surface area contributed by atoms with Crippen LogP contribution >= 0.6 is 0 Å². The molecule has 0 radical (unpaired) electrons. The Morgan fingerprint density at radius 2 is 1.96 bits per heavy atom. The molecular formula is C17H29N3O3S. The molecule has 6 nitrogen and oxygen atoms in total. The Hall–Kier alpha value is -1.60. The van der Waals surface area contributed by atoms with Gasteiger partial charge >= 0.3 is 6.03 Å². The summed E-state index contributed by atoms with van der Waals surface area (Å²) in [5.41, 5.74) is 2.96. The third-order valence-corrected chi connectivity index (χ3v) is 5.24. The highest BCUT2D eigenvalue weighted by Crippen LogP contribution is 2.27. The van der Waals surface area contributed by atoms with Crippen molar-refractivity contribution in [1.29, 1.82) is 0 Å². The maximum atomic E-state index is 12.1. The van der Waals surface area contributed by atoms with Gasteiger partial charge in [0.2, 0.25) is 10.0 Å². The van der Waals surface area contributed by atoms with Crippen LogP contribution in [0.5, 0.6) is 0 Å². The lowest BCUT2D eigenvalue weighted by atomic mass is 9.98. The van der Waals surface area contributed by atoms with Gasteiger partial charge in [-0.25, -0.2) is 17.5 Å². The zero-order valence-electron chi connectivity index (χ0n) is 15.2. The van der Waals surface area contributed by atoms with Gasteiger partial charge in [0.15, 0.2) is 0 Å². The molecular weight excluding hydrogens is 326 g/mol. The Labute approximate surface area is 145 Å².